The van der Waals surface area contributed by atoms with Gasteiger partial charge in [0.2, 0.25) is 12.1 Å². The maximum atomic E-state index is 13.7. The fraction of sp³-hybridized carbons (Fsp3) is 0.686. The number of benzene rings is 1. The number of carbonyl (C=O) groups excluding carboxylic acids is 1. The molecule has 0 radical (unpaired) electrons. The van der Waals surface area contributed by atoms with E-state index in [4.69, 9.17) is 14.2 Å². The molecule has 1 aromatic rings. The topological polar surface area (TPSA) is 44.8 Å². The molecule has 4 nitrogen and oxygen atoms in total. The van der Waals surface area contributed by atoms with Gasteiger partial charge in [0.15, 0.2) is 0 Å². The van der Waals surface area contributed by atoms with Gasteiger partial charge in [-0.15, -0.1) is 0 Å². The van der Waals surface area contributed by atoms with Crippen molar-refractivity contribution in [1.82, 2.24) is 0 Å². The van der Waals surface area contributed by atoms with E-state index in [-0.39, 0.29) is 34.7 Å². The van der Waals surface area contributed by atoms with Gasteiger partial charge in [0.05, 0.1) is 18.8 Å². The van der Waals surface area contributed by atoms with E-state index >= 15 is 0 Å². The largest absolute Gasteiger partial charge is 0.494 e. The van der Waals surface area contributed by atoms with Crippen molar-refractivity contribution in [3.63, 3.8) is 0 Å². The monoisotopic (exact) mass is 534 g/mol. The Morgan fingerprint density at radius 3 is 2.38 bits per heavy atom. The summed E-state index contributed by atoms with van der Waals surface area (Å²) in [6.45, 7) is 17.0. The predicted octanol–water partition coefficient (Wildman–Crippen LogP) is 8.85. The molecule has 1 saturated heterocycles. The summed E-state index contributed by atoms with van der Waals surface area (Å²) < 4.78 is 18.9. The molecule has 0 saturated carbocycles. The van der Waals surface area contributed by atoms with E-state index in [0.717, 1.165) is 31.4 Å². The van der Waals surface area contributed by atoms with Crippen LogP contribution in [-0.4, -0.2) is 30.9 Å². The second-order valence-corrected chi connectivity index (χ2v) is 13.9. The van der Waals surface area contributed by atoms with E-state index in [1.165, 1.54) is 32.1 Å². The summed E-state index contributed by atoms with van der Waals surface area (Å²) in [5.74, 6) is 1.29. The molecule has 214 valence electrons. The summed E-state index contributed by atoms with van der Waals surface area (Å²) in [6, 6.07) is 7.45. The van der Waals surface area contributed by atoms with Crippen molar-refractivity contribution >= 4 is 5.78 Å². The molecule has 0 N–H and O–H groups in total. The minimum absolute atomic E-state index is 0.000497. The lowest BCUT2D eigenvalue weighted by Crippen LogP contribution is -2.54. The van der Waals surface area contributed by atoms with Crippen molar-refractivity contribution in [2.45, 2.75) is 125 Å². The molecule has 1 heterocycles. The Bertz CT molecular complexity index is 1120. The number of allylic oxidation sites excluding steroid dienone is 3. The summed E-state index contributed by atoms with van der Waals surface area (Å²) in [7, 11) is 0. The van der Waals surface area contributed by atoms with E-state index in [1.807, 2.05) is 24.3 Å². The lowest BCUT2D eigenvalue weighted by molar-refractivity contribution is -0.253. The van der Waals surface area contributed by atoms with Crippen molar-refractivity contribution in [2.24, 2.45) is 22.7 Å². The van der Waals surface area contributed by atoms with Crippen molar-refractivity contribution in [2.75, 3.05) is 6.61 Å². The minimum Gasteiger partial charge on any atom is -0.494 e. The molecular formula is C35H50O4. The van der Waals surface area contributed by atoms with E-state index in [0.29, 0.717) is 18.1 Å². The lowest BCUT2D eigenvalue weighted by atomic mass is 9.58. The number of ether oxygens (including phenoxy) is 3. The summed E-state index contributed by atoms with van der Waals surface area (Å²) in [5, 5.41) is 0. The van der Waals surface area contributed by atoms with E-state index in [2.05, 4.69) is 48.5 Å². The molecule has 1 fully saturated rings. The molecule has 4 heteroatoms. The van der Waals surface area contributed by atoms with Crippen LogP contribution in [0.1, 0.15) is 117 Å². The van der Waals surface area contributed by atoms with Crippen LogP contribution in [0, 0.1) is 22.7 Å². The number of fused-ring (bicyclic) bond motifs is 1. The highest BCUT2D eigenvalue weighted by Crippen LogP contribution is 2.55. The third kappa shape index (κ3) is 5.66. The first-order chi connectivity index (χ1) is 18.5. The van der Waals surface area contributed by atoms with Crippen LogP contribution >= 0.6 is 0 Å². The molecule has 5 unspecified atom stereocenters. The fourth-order valence-corrected chi connectivity index (χ4v) is 8.00. The van der Waals surface area contributed by atoms with Crippen molar-refractivity contribution < 1.29 is 19.0 Å². The maximum absolute atomic E-state index is 13.7. The standard InChI is InChI=1S/C35H50O4/c1-8-19-37-25-15-13-24(14-16-25)31(36)33-38-23(3)27-20-30-26(12-10-18-35(30,6)7)28(32(27)39-33)21-29-22(2)11-9-17-34(29,4)5/h13-16,23,27-28,32-33H,8-12,17-21H2,1-7H3. The van der Waals surface area contributed by atoms with Gasteiger partial charge in [-0.1, -0.05) is 56.9 Å². The Balaban J connectivity index is 1.46. The Labute approximate surface area is 236 Å². The number of hydrogen-bond donors (Lipinski definition) is 0. The van der Waals surface area contributed by atoms with Gasteiger partial charge in [0, 0.05) is 17.4 Å². The Morgan fingerprint density at radius 1 is 1.00 bits per heavy atom. The number of ketones is 1. The van der Waals surface area contributed by atoms with Crippen molar-refractivity contribution in [3.05, 3.63) is 52.1 Å². The molecule has 0 amide bonds. The molecule has 5 atom stereocenters. The van der Waals surface area contributed by atoms with Crippen LogP contribution < -0.4 is 4.74 Å². The number of hydrogen-bond acceptors (Lipinski definition) is 4. The molecule has 39 heavy (non-hydrogen) atoms. The molecule has 3 aliphatic carbocycles. The summed E-state index contributed by atoms with van der Waals surface area (Å²) in [5.41, 5.74) is 7.54. The first-order valence-electron chi connectivity index (χ1n) is 15.5. The van der Waals surface area contributed by atoms with Gasteiger partial charge < -0.3 is 14.2 Å². The lowest BCUT2D eigenvalue weighted by Gasteiger charge is -2.52. The zero-order valence-electron chi connectivity index (χ0n) is 25.4. The molecular weight excluding hydrogens is 484 g/mol. The SMILES string of the molecule is CCCOc1ccc(C(=O)C2OC(C)C3CC4=C(CCCC4(C)C)C(CC4=C(C)CCCC4(C)C)C3O2)cc1. The molecule has 0 aromatic heterocycles. The zero-order valence-corrected chi connectivity index (χ0v) is 25.4. The average Bonchev–Trinajstić information content (AvgIpc) is 2.89. The third-order valence-corrected chi connectivity index (χ3v) is 10.3. The van der Waals surface area contributed by atoms with Crippen LogP contribution in [0.25, 0.3) is 0 Å². The number of rotatable bonds is 7. The Hall–Kier alpha value is -1.91. The van der Waals surface area contributed by atoms with E-state index < -0.39 is 6.29 Å². The van der Waals surface area contributed by atoms with Crippen LogP contribution in [0.5, 0.6) is 5.75 Å². The third-order valence-electron chi connectivity index (χ3n) is 10.3. The first kappa shape index (κ1) is 28.6. The highest BCUT2D eigenvalue weighted by atomic mass is 16.7. The second kappa shape index (κ2) is 11.2. The molecule has 0 bridgehead atoms. The first-order valence-corrected chi connectivity index (χ1v) is 15.5. The fourth-order valence-electron chi connectivity index (χ4n) is 8.00. The molecule has 5 rings (SSSR count). The highest BCUT2D eigenvalue weighted by molar-refractivity contribution is 5.98. The van der Waals surface area contributed by atoms with Gasteiger partial charge in [0.25, 0.3) is 0 Å². The highest BCUT2D eigenvalue weighted by Gasteiger charge is 2.51. The maximum Gasteiger partial charge on any atom is 0.223 e. The molecule has 1 aromatic carbocycles. The van der Waals surface area contributed by atoms with Crippen molar-refractivity contribution in [3.8, 4) is 5.75 Å². The molecule has 0 spiro atoms. The second-order valence-electron chi connectivity index (χ2n) is 13.9. The minimum atomic E-state index is -0.862. The van der Waals surface area contributed by atoms with Gasteiger partial charge in [-0.3, -0.25) is 4.79 Å². The van der Waals surface area contributed by atoms with Crippen LogP contribution in [0.3, 0.4) is 0 Å². The number of carbonyl (C=O) groups is 1. The van der Waals surface area contributed by atoms with Crippen LogP contribution in [-0.2, 0) is 9.47 Å². The van der Waals surface area contributed by atoms with E-state index in [9.17, 15) is 4.79 Å². The van der Waals surface area contributed by atoms with Crippen molar-refractivity contribution in [1.29, 1.82) is 0 Å². The zero-order chi connectivity index (χ0) is 27.9. The van der Waals surface area contributed by atoms with Gasteiger partial charge in [-0.2, -0.15) is 0 Å². The van der Waals surface area contributed by atoms with Gasteiger partial charge in [-0.25, -0.2) is 0 Å². The normalized spacial score (nSPS) is 31.9. The van der Waals surface area contributed by atoms with Crippen LogP contribution in [0.15, 0.2) is 46.6 Å². The Kier molecular flexibility index (Phi) is 8.19. The summed E-state index contributed by atoms with van der Waals surface area (Å²) in [6.07, 6.45) is 9.51. The Morgan fingerprint density at radius 2 is 1.69 bits per heavy atom. The molecule has 4 aliphatic rings. The predicted molar refractivity (Wildman–Crippen MR) is 157 cm³/mol. The smallest absolute Gasteiger partial charge is 0.223 e. The average molecular weight is 535 g/mol. The summed E-state index contributed by atoms with van der Waals surface area (Å²) >= 11 is 0. The number of Topliss-reactive ketones (excluding diaryl/α,β-unsaturated/α-hetero) is 1. The van der Waals surface area contributed by atoms with Crippen LogP contribution in [0.2, 0.25) is 0 Å². The molecule has 1 aliphatic heterocycles. The van der Waals surface area contributed by atoms with Gasteiger partial charge >= 0.3 is 0 Å². The van der Waals surface area contributed by atoms with Gasteiger partial charge in [0.1, 0.15) is 5.75 Å². The quantitative estimate of drug-likeness (QED) is 0.259. The van der Waals surface area contributed by atoms with E-state index in [1.54, 1.807) is 22.3 Å². The van der Waals surface area contributed by atoms with Crippen LogP contribution in [0.4, 0.5) is 0 Å². The van der Waals surface area contributed by atoms with Gasteiger partial charge in [-0.05, 0) is 107 Å². The summed E-state index contributed by atoms with van der Waals surface area (Å²) in [4.78, 5) is 13.7.